The summed E-state index contributed by atoms with van der Waals surface area (Å²) < 4.78 is 44.8. The first-order valence-electron chi connectivity index (χ1n) is 24.2. The molecule has 0 fully saturated rings. The van der Waals surface area contributed by atoms with E-state index in [9.17, 15) is 9.59 Å². The maximum absolute atomic E-state index is 12.8. The molecular formula is C59H62N4O10. The molecule has 0 saturated heterocycles. The number of methoxy groups -OCH3 is 2. The van der Waals surface area contributed by atoms with Crippen LogP contribution in [0.15, 0.2) is 167 Å². The van der Waals surface area contributed by atoms with Crippen LogP contribution in [0.1, 0.15) is 60.8 Å². The predicted molar refractivity (Wildman–Crippen MR) is 280 cm³/mol. The molecule has 8 rings (SSSR count). The fraction of sp³-hybridized carbons (Fsp3) is 0.254. The van der Waals surface area contributed by atoms with Crippen molar-refractivity contribution in [2.24, 2.45) is 0 Å². The van der Waals surface area contributed by atoms with E-state index in [-0.39, 0.29) is 6.04 Å². The number of hydrogen-bond acceptors (Lipinski definition) is 12. The summed E-state index contributed by atoms with van der Waals surface area (Å²) in [5, 5.41) is 0. The molecule has 8 aromatic rings. The van der Waals surface area contributed by atoms with Gasteiger partial charge in [-0.3, -0.25) is 0 Å². The molecular weight excluding hydrogens is 925 g/mol. The standard InChI is InChI=1S/C30H32N2O5.C29H30N2O5/c1-5-32(30(33)37-27-17-15-25(34-4)16-18-27)21(2)23-11-13-26(14-12-23)35-20-19-28-22(3)36-29(31-28)24-9-7-6-8-10-24;1-4-31(29(32)36-26-16-14-24(33-3)15-17-26)20-22-10-12-25(13-11-22)34-19-18-27-21(2)35-28(30-27)23-8-6-5-7-9-23/h6-18,21H,5,19-20H2,1-4H3;5-17H,4,18-20H2,1-3H3. The normalized spacial score (nSPS) is 11.1. The van der Waals surface area contributed by atoms with Crippen LogP contribution >= 0.6 is 0 Å². The van der Waals surface area contributed by atoms with Gasteiger partial charge in [-0.15, -0.1) is 0 Å². The van der Waals surface area contributed by atoms with Crippen molar-refractivity contribution in [3.63, 3.8) is 0 Å². The Bertz CT molecular complexity index is 2940. The van der Waals surface area contributed by atoms with Crippen LogP contribution in [0.5, 0.6) is 34.5 Å². The topological polar surface area (TPSA) is 148 Å². The van der Waals surface area contributed by atoms with Crippen molar-refractivity contribution >= 4 is 12.2 Å². The van der Waals surface area contributed by atoms with Gasteiger partial charge in [-0.2, -0.15) is 0 Å². The van der Waals surface area contributed by atoms with Gasteiger partial charge in [0, 0.05) is 43.6 Å². The zero-order chi connectivity index (χ0) is 51.5. The third-order valence-electron chi connectivity index (χ3n) is 11.9. The molecule has 2 amide bonds. The van der Waals surface area contributed by atoms with Gasteiger partial charge in [-0.25, -0.2) is 19.6 Å². The van der Waals surface area contributed by atoms with Gasteiger partial charge >= 0.3 is 12.2 Å². The quantitative estimate of drug-likeness (QED) is 0.0715. The third-order valence-corrected chi connectivity index (χ3v) is 11.9. The van der Waals surface area contributed by atoms with Crippen LogP contribution < -0.4 is 28.4 Å². The van der Waals surface area contributed by atoms with Crippen molar-refractivity contribution in [3.8, 4) is 57.4 Å². The molecule has 0 radical (unpaired) electrons. The number of amides is 2. The van der Waals surface area contributed by atoms with E-state index in [0.29, 0.717) is 80.5 Å². The smallest absolute Gasteiger partial charge is 0.415 e. The number of hydrogen-bond donors (Lipinski definition) is 0. The van der Waals surface area contributed by atoms with Gasteiger partial charge in [-0.05, 0) is 143 Å². The molecule has 1 unspecified atom stereocenters. The number of oxazole rings is 2. The minimum atomic E-state index is -0.404. The van der Waals surface area contributed by atoms with Crippen LogP contribution in [0.4, 0.5) is 9.59 Å². The van der Waals surface area contributed by atoms with Crippen molar-refractivity contribution in [3.05, 3.63) is 192 Å². The summed E-state index contributed by atoms with van der Waals surface area (Å²) in [6.45, 7) is 12.1. The van der Waals surface area contributed by atoms with Crippen LogP contribution in [-0.2, 0) is 19.4 Å². The lowest BCUT2D eigenvalue weighted by molar-refractivity contribution is 0.138. The number of rotatable bonds is 20. The number of aryl methyl sites for hydroxylation is 2. The van der Waals surface area contributed by atoms with E-state index in [4.69, 9.17) is 37.3 Å². The van der Waals surface area contributed by atoms with Crippen LogP contribution in [0, 0.1) is 13.8 Å². The highest BCUT2D eigenvalue weighted by molar-refractivity contribution is 5.72. The minimum absolute atomic E-state index is 0.168. The van der Waals surface area contributed by atoms with Crippen LogP contribution in [0.2, 0.25) is 0 Å². The zero-order valence-electron chi connectivity index (χ0n) is 42.4. The summed E-state index contributed by atoms with van der Waals surface area (Å²) in [6.07, 6.45) is 0.477. The van der Waals surface area contributed by atoms with E-state index in [1.807, 2.05) is 144 Å². The second-order valence-electron chi connectivity index (χ2n) is 16.7. The molecule has 1 atom stereocenters. The molecule has 0 saturated carbocycles. The number of nitrogens with zero attached hydrogens (tertiary/aromatic N) is 4. The molecule has 6 aromatic carbocycles. The number of carbonyl (C=O) groups excluding carboxylic acids is 2. The minimum Gasteiger partial charge on any atom is -0.497 e. The molecule has 0 spiro atoms. The summed E-state index contributed by atoms with van der Waals surface area (Å²) in [4.78, 5) is 38.0. The molecule has 2 heterocycles. The molecule has 14 heteroatoms. The maximum atomic E-state index is 12.8. The Morgan fingerprint density at radius 1 is 0.521 bits per heavy atom. The van der Waals surface area contributed by atoms with Crippen molar-refractivity contribution < 1.29 is 46.8 Å². The van der Waals surface area contributed by atoms with Gasteiger partial charge in [-0.1, -0.05) is 60.7 Å². The van der Waals surface area contributed by atoms with Gasteiger partial charge in [0.2, 0.25) is 11.8 Å². The van der Waals surface area contributed by atoms with E-state index < -0.39 is 12.2 Å². The fourth-order valence-corrected chi connectivity index (χ4v) is 7.67. The Labute approximate surface area is 427 Å². The Hall–Kier alpha value is -8.52. The first-order chi connectivity index (χ1) is 35.5. The lowest BCUT2D eigenvalue weighted by Gasteiger charge is -2.27. The first kappa shape index (κ1) is 52.3. The maximum Gasteiger partial charge on any atom is 0.415 e. The van der Waals surface area contributed by atoms with Crippen molar-refractivity contribution in [1.82, 2.24) is 19.8 Å². The van der Waals surface area contributed by atoms with Crippen LogP contribution in [-0.4, -0.2) is 72.5 Å². The van der Waals surface area contributed by atoms with Crippen LogP contribution in [0.3, 0.4) is 0 Å². The highest BCUT2D eigenvalue weighted by Gasteiger charge is 2.23. The van der Waals surface area contributed by atoms with E-state index >= 15 is 0 Å². The fourth-order valence-electron chi connectivity index (χ4n) is 7.67. The molecule has 2 aromatic heterocycles. The summed E-state index contributed by atoms with van der Waals surface area (Å²) >= 11 is 0. The summed E-state index contributed by atoms with van der Waals surface area (Å²) in [5.74, 6) is 6.71. The van der Waals surface area contributed by atoms with Gasteiger partial charge in [0.25, 0.3) is 0 Å². The summed E-state index contributed by atoms with van der Waals surface area (Å²) in [5.41, 5.74) is 5.66. The van der Waals surface area contributed by atoms with Crippen molar-refractivity contribution in [2.75, 3.05) is 40.5 Å². The predicted octanol–water partition coefficient (Wildman–Crippen LogP) is 13.2. The van der Waals surface area contributed by atoms with E-state index in [1.54, 1.807) is 72.6 Å². The number of benzene rings is 6. The lowest BCUT2D eigenvalue weighted by atomic mass is 10.1. The highest BCUT2D eigenvalue weighted by atomic mass is 16.6. The van der Waals surface area contributed by atoms with Crippen molar-refractivity contribution in [1.29, 1.82) is 0 Å². The Morgan fingerprint density at radius 2 is 0.932 bits per heavy atom. The largest absolute Gasteiger partial charge is 0.497 e. The Kier molecular flexibility index (Phi) is 18.7. The highest BCUT2D eigenvalue weighted by Crippen LogP contribution is 2.27. The average molecular weight is 987 g/mol. The van der Waals surface area contributed by atoms with E-state index in [2.05, 4.69) is 9.97 Å². The van der Waals surface area contributed by atoms with Gasteiger partial charge in [0.15, 0.2) is 0 Å². The molecule has 73 heavy (non-hydrogen) atoms. The molecule has 378 valence electrons. The zero-order valence-corrected chi connectivity index (χ0v) is 42.4. The Morgan fingerprint density at radius 3 is 1.36 bits per heavy atom. The molecule has 14 nitrogen and oxygen atoms in total. The molecule has 0 aliphatic carbocycles. The summed E-state index contributed by atoms with van der Waals surface area (Å²) in [6, 6.07) is 48.9. The second kappa shape index (κ2) is 26.1. The Balaban J connectivity index is 0.000000214. The monoisotopic (exact) mass is 986 g/mol. The molecule has 0 aliphatic rings. The van der Waals surface area contributed by atoms with E-state index in [0.717, 1.165) is 56.7 Å². The molecule has 0 bridgehead atoms. The number of aromatic nitrogens is 2. The number of ether oxygens (including phenoxy) is 6. The average Bonchev–Trinajstić information content (AvgIpc) is 4.00. The SMILES string of the molecule is CCN(C(=O)Oc1ccc(OC)cc1)C(C)c1ccc(OCCc2nc(-c3ccccc3)oc2C)cc1.CCN(Cc1ccc(OCCc2nc(-c3ccccc3)oc2C)cc1)C(=O)Oc1ccc(OC)cc1. The molecule has 0 N–H and O–H groups in total. The number of carbonyl (C=O) groups is 2. The lowest BCUT2D eigenvalue weighted by Crippen LogP contribution is -2.35. The van der Waals surface area contributed by atoms with Gasteiger partial charge < -0.3 is 47.1 Å². The second-order valence-corrected chi connectivity index (χ2v) is 16.7. The molecule has 0 aliphatic heterocycles. The summed E-state index contributed by atoms with van der Waals surface area (Å²) in [7, 11) is 3.19. The van der Waals surface area contributed by atoms with Crippen LogP contribution in [0.25, 0.3) is 22.9 Å². The van der Waals surface area contributed by atoms with Gasteiger partial charge in [0.05, 0.1) is 44.9 Å². The first-order valence-corrected chi connectivity index (χ1v) is 24.2. The van der Waals surface area contributed by atoms with Crippen molar-refractivity contribution in [2.45, 2.75) is 60.0 Å². The van der Waals surface area contributed by atoms with E-state index in [1.165, 1.54) is 0 Å². The third kappa shape index (κ3) is 14.8. The van der Waals surface area contributed by atoms with Gasteiger partial charge in [0.1, 0.15) is 46.0 Å².